The van der Waals surface area contributed by atoms with E-state index < -0.39 is 217 Å². The Hall–Kier alpha value is -1.20. The van der Waals surface area contributed by atoms with Gasteiger partial charge in [-0.25, -0.2) is 0 Å². The maximum absolute atomic E-state index is 12.3. The average Bonchev–Trinajstić information content (AvgIpc) is 1.50. The highest BCUT2D eigenvalue weighted by atomic mass is 16.8. The molecule has 1 spiro atoms. The monoisotopic (exact) mass is 1300 g/mol. The molecule has 30 nitrogen and oxygen atoms in total. The Labute approximate surface area is 520 Å². The summed E-state index contributed by atoms with van der Waals surface area (Å²) >= 11 is 0. The van der Waals surface area contributed by atoms with Crippen LogP contribution in [0, 0.1) is 52.3 Å². The Morgan fingerprint density at radius 2 is 0.911 bits per heavy atom. The largest absolute Gasteiger partial charge is 0.394 e. The number of ether oxygens (including phenoxy) is 14. The zero-order chi connectivity index (χ0) is 64.2. The van der Waals surface area contributed by atoms with E-state index in [4.69, 9.17) is 66.3 Å². The minimum atomic E-state index is -2.15. The van der Waals surface area contributed by atoms with E-state index in [9.17, 15) is 81.7 Å². The fourth-order valence-corrected chi connectivity index (χ4v) is 18.3. The molecule has 30 heteroatoms. The second-order valence-electron chi connectivity index (χ2n) is 28.6. The lowest BCUT2D eigenvalue weighted by Gasteiger charge is -2.61. The molecule has 0 amide bonds. The predicted molar refractivity (Wildman–Crippen MR) is 296 cm³/mol. The molecule has 0 aromatic carbocycles. The van der Waals surface area contributed by atoms with Gasteiger partial charge in [-0.3, -0.25) is 0 Å². The number of fused-ring (bicyclic) bond motifs is 7. The molecule has 16 N–H and O–H groups in total. The van der Waals surface area contributed by atoms with Crippen LogP contribution in [0.15, 0.2) is 0 Å². The summed E-state index contributed by atoms with van der Waals surface area (Å²) in [6.07, 6.45) is -40.3. The van der Waals surface area contributed by atoms with Crippen LogP contribution in [0.2, 0.25) is 0 Å². The van der Waals surface area contributed by atoms with Crippen molar-refractivity contribution in [2.75, 3.05) is 46.2 Å². The van der Waals surface area contributed by atoms with Crippen molar-refractivity contribution >= 4 is 0 Å². The molecule has 0 bridgehead atoms. The SMILES string of the molecule is CC1CCC2(OC1)OC1CC3C4CCC5CC(OC6OC(CO)C(O)C(OC7OC(CO)C(O)C(OC8OCC(O)C(O)C8OC8OCC(O)C(O)C8O)C7O)C6OC6OC(CO)C(O)C(OC7OCC(O)C(O)C7O)C6O)CCC5(C)C4CCC3(C)C1C2C. The predicted octanol–water partition coefficient (Wildman–Crippen LogP) is -5.34. The number of rotatable bonds is 15. The van der Waals surface area contributed by atoms with Gasteiger partial charge in [0.25, 0.3) is 0 Å². The minimum Gasteiger partial charge on any atom is -0.394 e. The van der Waals surface area contributed by atoms with Crippen LogP contribution in [0.25, 0.3) is 0 Å². The second kappa shape index (κ2) is 27.3. The van der Waals surface area contributed by atoms with Crippen LogP contribution in [-0.4, -0.2) is 312 Å². The average molecular weight is 1300 g/mol. The first-order valence-corrected chi connectivity index (χ1v) is 32.6. The van der Waals surface area contributed by atoms with E-state index in [0.29, 0.717) is 49.0 Å². The van der Waals surface area contributed by atoms with Crippen molar-refractivity contribution in [3.05, 3.63) is 0 Å². The molecule has 8 saturated heterocycles. The molecule has 90 heavy (non-hydrogen) atoms. The first-order valence-electron chi connectivity index (χ1n) is 32.6. The molecule has 39 atom stereocenters. The van der Waals surface area contributed by atoms with Gasteiger partial charge >= 0.3 is 0 Å². The molecule has 0 aromatic heterocycles. The van der Waals surface area contributed by atoms with Gasteiger partial charge in [0, 0.05) is 12.3 Å². The fourth-order valence-electron chi connectivity index (χ4n) is 18.3. The summed E-state index contributed by atoms with van der Waals surface area (Å²) in [6, 6.07) is 0. The highest BCUT2D eigenvalue weighted by Crippen LogP contribution is 2.71. The van der Waals surface area contributed by atoms with E-state index in [1.807, 2.05) is 0 Å². The van der Waals surface area contributed by atoms with Crippen molar-refractivity contribution in [2.45, 2.75) is 276 Å². The number of aliphatic hydroxyl groups excluding tert-OH is 16. The zero-order valence-corrected chi connectivity index (χ0v) is 51.2. The number of hydrogen-bond donors (Lipinski definition) is 16. The molecule has 12 rings (SSSR count). The van der Waals surface area contributed by atoms with Crippen LogP contribution in [-0.2, 0) is 66.3 Å². The van der Waals surface area contributed by atoms with E-state index in [0.717, 1.165) is 51.4 Å². The lowest BCUT2D eigenvalue weighted by Crippen LogP contribution is -2.68. The quantitative estimate of drug-likeness (QED) is 0.0681. The Balaban J connectivity index is 0.802. The van der Waals surface area contributed by atoms with Crippen LogP contribution in [0.5, 0.6) is 0 Å². The Kier molecular flexibility index (Phi) is 20.8. The minimum absolute atomic E-state index is 0.0690. The fraction of sp³-hybridized carbons (Fsp3) is 1.00. The molecular weight excluding hydrogens is 1200 g/mol. The topological polar surface area (TPSA) is 453 Å². The van der Waals surface area contributed by atoms with Crippen molar-refractivity contribution in [1.82, 2.24) is 0 Å². The molecule has 4 saturated carbocycles. The first-order chi connectivity index (χ1) is 42.8. The van der Waals surface area contributed by atoms with E-state index >= 15 is 0 Å². The van der Waals surface area contributed by atoms with Gasteiger partial charge in [-0.15, -0.1) is 0 Å². The third-order valence-corrected chi connectivity index (χ3v) is 23.4. The van der Waals surface area contributed by atoms with Crippen molar-refractivity contribution in [3.8, 4) is 0 Å². The van der Waals surface area contributed by atoms with Crippen LogP contribution >= 0.6 is 0 Å². The molecular formula is C60H98O30. The van der Waals surface area contributed by atoms with Gasteiger partial charge in [-0.2, -0.15) is 0 Å². The summed E-state index contributed by atoms with van der Waals surface area (Å²) in [7, 11) is 0. The second-order valence-corrected chi connectivity index (χ2v) is 28.6. The summed E-state index contributed by atoms with van der Waals surface area (Å²) in [5.74, 6) is 2.27. The Morgan fingerprint density at radius 1 is 0.411 bits per heavy atom. The van der Waals surface area contributed by atoms with E-state index in [-0.39, 0.29) is 28.8 Å². The molecule has 39 unspecified atom stereocenters. The van der Waals surface area contributed by atoms with Crippen LogP contribution in [0.3, 0.4) is 0 Å². The van der Waals surface area contributed by atoms with Gasteiger partial charge in [0.2, 0.25) is 0 Å². The van der Waals surface area contributed by atoms with Crippen molar-refractivity contribution in [1.29, 1.82) is 0 Å². The molecule has 0 aromatic rings. The highest BCUT2D eigenvalue weighted by Gasteiger charge is 2.70. The normalized spacial score (nSPS) is 57.3. The maximum atomic E-state index is 12.3. The standard InChI is InChI=1S/C60H98O30/c1-22-7-12-60(80-18-22)23(2)36-32(90-60)14-28-26-6-5-24-13-25(8-10-58(24,3)27(26)9-11-59(28,36)4)81-57-51(89-55-45(75)47(40(70)33(15-61)83-55)85-52-43(73)37(67)29(64)19-77-52)49(42(72)35(17-63)84-57)87-54-46(76)48(41(71)34(16-62)82-54)86-56-50(39(69)31(66)21-79-56)88-53-44(74)38(68)30(65)20-78-53/h22-57,61-76H,5-21H2,1-4H3. The third-order valence-electron chi connectivity index (χ3n) is 23.4. The van der Waals surface area contributed by atoms with Crippen molar-refractivity contribution in [3.63, 3.8) is 0 Å². The zero-order valence-electron chi connectivity index (χ0n) is 51.2. The molecule has 0 radical (unpaired) electrons. The summed E-state index contributed by atoms with van der Waals surface area (Å²) in [6.45, 7) is 5.84. The van der Waals surface area contributed by atoms with Gasteiger partial charge in [0.1, 0.15) is 128 Å². The third kappa shape index (κ3) is 12.3. The van der Waals surface area contributed by atoms with E-state index in [1.54, 1.807) is 0 Å². The summed E-state index contributed by atoms with van der Waals surface area (Å²) < 4.78 is 86.2. The molecule has 8 heterocycles. The van der Waals surface area contributed by atoms with Crippen LogP contribution in [0.4, 0.5) is 0 Å². The van der Waals surface area contributed by atoms with Crippen LogP contribution in [0.1, 0.15) is 91.9 Å². The smallest absolute Gasteiger partial charge is 0.187 e. The van der Waals surface area contributed by atoms with Gasteiger partial charge in [-0.1, -0.05) is 27.7 Å². The van der Waals surface area contributed by atoms with Gasteiger partial charge in [-0.05, 0) is 104 Å². The Bertz CT molecular complexity index is 2360. The lowest BCUT2D eigenvalue weighted by atomic mass is 9.44. The summed E-state index contributed by atoms with van der Waals surface area (Å²) in [4.78, 5) is 0. The molecule has 12 fully saturated rings. The number of aliphatic hydroxyl groups is 16. The molecule has 12 aliphatic rings. The highest BCUT2D eigenvalue weighted by molar-refractivity contribution is 5.16. The van der Waals surface area contributed by atoms with E-state index in [1.165, 1.54) is 0 Å². The molecule has 8 aliphatic heterocycles. The van der Waals surface area contributed by atoms with Crippen LogP contribution < -0.4 is 0 Å². The molecule has 518 valence electrons. The van der Waals surface area contributed by atoms with Gasteiger partial charge < -0.3 is 148 Å². The Morgan fingerprint density at radius 3 is 1.48 bits per heavy atom. The lowest BCUT2D eigenvalue weighted by molar-refractivity contribution is -0.407. The first kappa shape index (κ1) is 68.7. The van der Waals surface area contributed by atoms with Gasteiger partial charge in [0.15, 0.2) is 43.5 Å². The van der Waals surface area contributed by atoms with Crippen molar-refractivity contribution in [2.24, 2.45) is 52.3 Å². The van der Waals surface area contributed by atoms with E-state index in [2.05, 4.69) is 27.7 Å². The number of hydrogen-bond acceptors (Lipinski definition) is 30. The van der Waals surface area contributed by atoms with Crippen molar-refractivity contribution < 1.29 is 148 Å². The molecule has 4 aliphatic carbocycles. The summed E-state index contributed by atoms with van der Waals surface area (Å²) in [5, 5.41) is 176. The van der Waals surface area contributed by atoms with Gasteiger partial charge in [0.05, 0.1) is 58.5 Å². The maximum Gasteiger partial charge on any atom is 0.187 e. The summed E-state index contributed by atoms with van der Waals surface area (Å²) in [5.41, 5.74) is 0.0358.